The van der Waals surface area contributed by atoms with E-state index in [1.54, 1.807) is 0 Å². The minimum Gasteiger partial charge on any atom is -0.240 e. The molecule has 0 bridgehead atoms. The van der Waals surface area contributed by atoms with E-state index in [1.165, 1.54) is 12.8 Å². The zero-order valence-electron chi connectivity index (χ0n) is 13.6. The highest BCUT2D eigenvalue weighted by atomic mass is 15.3. The fourth-order valence-electron chi connectivity index (χ4n) is 2.86. The van der Waals surface area contributed by atoms with Crippen LogP contribution in [-0.4, -0.2) is 24.6 Å². The molecule has 3 heterocycles. The van der Waals surface area contributed by atoms with Crippen molar-refractivity contribution < 1.29 is 0 Å². The Hall–Kier alpha value is -2.56. The monoisotopic (exact) mass is 305 g/mol. The van der Waals surface area contributed by atoms with E-state index in [1.807, 2.05) is 49.8 Å². The summed E-state index contributed by atoms with van der Waals surface area (Å²) in [6, 6.07) is 4.00. The van der Waals surface area contributed by atoms with E-state index in [-0.39, 0.29) is 0 Å². The van der Waals surface area contributed by atoms with E-state index in [0.29, 0.717) is 5.92 Å². The van der Waals surface area contributed by atoms with Crippen LogP contribution in [0.25, 0.3) is 11.2 Å². The Morgan fingerprint density at radius 1 is 1.17 bits per heavy atom. The van der Waals surface area contributed by atoms with Crippen molar-refractivity contribution in [2.24, 2.45) is 0 Å². The van der Waals surface area contributed by atoms with E-state index in [2.05, 4.69) is 16.0 Å². The van der Waals surface area contributed by atoms with Crippen LogP contribution in [0.15, 0.2) is 30.6 Å². The molecule has 0 unspecified atom stereocenters. The first kappa shape index (κ1) is 14.1. The lowest BCUT2D eigenvalue weighted by atomic mass is 10.0. The number of allylic oxidation sites excluding steroid dienone is 1. The number of fused-ring (bicyclic) bond motifs is 1. The van der Waals surface area contributed by atoms with Crippen LogP contribution in [0.4, 0.5) is 0 Å². The van der Waals surface area contributed by atoms with Crippen LogP contribution < -0.4 is 0 Å². The summed E-state index contributed by atoms with van der Waals surface area (Å²) in [4.78, 5) is 13.6. The van der Waals surface area contributed by atoms with Gasteiger partial charge in [0, 0.05) is 28.9 Å². The van der Waals surface area contributed by atoms with Crippen molar-refractivity contribution in [3.05, 3.63) is 59.1 Å². The van der Waals surface area contributed by atoms with Gasteiger partial charge in [0.1, 0.15) is 5.82 Å². The second-order valence-electron chi connectivity index (χ2n) is 6.09. The van der Waals surface area contributed by atoms with Crippen LogP contribution in [0.3, 0.4) is 0 Å². The van der Waals surface area contributed by atoms with Crippen LogP contribution >= 0.6 is 0 Å². The Bertz CT molecular complexity index is 918. The molecule has 23 heavy (non-hydrogen) atoms. The lowest BCUT2D eigenvalue weighted by Gasteiger charge is -2.11. The summed E-state index contributed by atoms with van der Waals surface area (Å²) < 4.78 is 1.87. The Morgan fingerprint density at radius 3 is 2.70 bits per heavy atom. The second kappa shape index (κ2) is 5.26. The molecule has 0 N–H and O–H groups in total. The first-order valence-corrected chi connectivity index (χ1v) is 7.99. The van der Waals surface area contributed by atoms with Crippen molar-refractivity contribution in [2.45, 2.75) is 39.5 Å². The summed E-state index contributed by atoms with van der Waals surface area (Å²) >= 11 is 0. The highest BCUT2D eigenvalue weighted by Crippen LogP contribution is 2.38. The highest BCUT2D eigenvalue weighted by molar-refractivity contribution is 5.78. The average Bonchev–Trinajstić information content (AvgIpc) is 3.34. The topological polar surface area (TPSA) is 56.0 Å². The molecule has 1 aliphatic rings. The van der Waals surface area contributed by atoms with Gasteiger partial charge in [0.25, 0.3) is 0 Å². The quantitative estimate of drug-likeness (QED) is 0.743. The molecule has 1 aliphatic carbocycles. The number of imidazole rings is 1. The minimum atomic E-state index is 0.569. The first-order chi connectivity index (χ1) is 11.2. The molecule has 3 aromatic heterocycles. The molecule has 3 aromatic rings. The Balaban J connectivity index is 1.79. The van der Waals surface area contributed by atoms with E-state index in [0.717, 1.165) is 39.7 Å². The summed E-state index contributed by atoms with van der Waals surface area (Å²) in [7, 11) is 0. The molecule has 5 nitrogen and oxygen atoms in total. The smallest absolute Gasteiger partial charge is 0.153 e. The van der Waals surface area contributed by atoms with Gasteiger partial charge in [-0.2, -0.15) is 5.10 Å². The van der Waals surface area contributed by atoms with Gasteiger partial charge in [0.2, 0.25) is 0 Å². The van der Waals surface area contributed by atoms with Crippen molar-refractivity contribution in [3.63, 3.8) is 0 Å². The predicted octanol–water partition coefficient (Wildman–Crippen LogP) is 3.47. The third-order valence-electron chi connectivity index (χ3n) is 4.33. The fourth-order valence-corrected chi connectivity index (χ4v) is 2.86. The molecule has 0 saturated heterocycles. The normalized spacial score (nSPS) is 15.3. The molecule has 0 radical (unpaired) electrons. The van der Waals surface area contributed by atoms with Gasteiger partial charge in [-0.3, -0.25) is 0 Å². The number of aromatic nitrogens is 5. The van der Waals surface area contributed by atoms with Gasteiger partial charge in [0.15, 0.2) is 5.65 Å². The number of nitrogens with zero attached hydrogens (tertiary/aromatic N) is 5. The molecule has 0 spiro atoms. The molecule has 5 heteroatoms. The van der Waals surface area contributed by atoms with E-state index < -0.39 is 0 Å². The van der Waals surface area contributed by atoms with Crippen molar-refractivity contribution in [1.29, 1.82) is 0 Å². The molecule has 1 saturated carbocycles. The number of aryl methyl sites for hydroxylation is 2. The van der Waals surface area contributed by atoms with E-state index >= 15 is 0 Å². The van der Waals surface area contributed by atoms with Gasteiger partial charge in [-0.1, -0.05) is 6.08 Å². The van der Waals surface area contributed by atoms with Gasteiger partial charge < -0.3 is 0 Å². The second-order valence-corrected chi connectivity index (χ2v) is 6.09. The van der Waals surface area contributed by atoms with Crippen LogP contribution in [0, 0.1) is 13.8 Å². The van der Waals surface area contributed by atoms with Crippen molar-refractivity contribution in [3.8, 4) is 0 Å². The van der Waals surface area contributed by atoms with Gasteiger partial charge >= 0.3 is 0 Å². The number of hydrogen-bond acceptors (Lipinski definition) is 4. The van der Waals surface area contributed by atoms with Crippen LogP contribution in [0.1, 0.15) is 54.2 Å². The van der Waals surface area contributed by atoms with E-state index in [4.69, 9.17) is 10.1 Å². The summed E-state index contributed by atoms with van der Waals surface area (Å²) in [5, 5.41) is 4.72. The Labute approximate surface area is 135 Å². The maximum absolute atomic E-state index is 4.72. The molecule has 0 amide bonds. The average molecular weight is 305 g/mol. The third-order valence-corrected chi connectivity index (χ3v) is 4.33. The summed E-state index contributed by atoms with van der Waals surface area (Å²) in [6.07, 6.45) is 8.28. The standard InChI is InChI=1S/C18H19N5/c1-4-14(15-10-20-18(13-5-6-13)21-12(15)3)16-7-8-17-19-9-11(2)23(17)22-16/h4,7-10,13H,5-6H2,1-3H3/b14-4+. The lowest BCUT2D eigenvalue weighted by molar-refractivity contribution is 0.881. The molecule has 0 aliphatic heterocycles. The summed E-state index contributed by atoms with van der Waals surface area (Å²) in [6.45, 7) is 6.08. The zero-order valence-corrected chi connectivity index (χ0v) is 13.6. The molecule has 116 valence electrons. The van der Waals surface area contributed by atoms with Crippen molar-refractivity contribution >= 4 is 11.2 Å². The highest BCUT2D eigenvalue weighted by Gasteiger charge is 2.27. The van der Waals surface area contributed by atoms with Gasteiger partial charge in [0.05, 0.1) is 17.6 Å². The summed E-state index contributed by atoms with van der Waals surface area (Å²) in [5.74, 6) is 1.55. The van der Waals surface area contributed by atoms with E-state index in [9.17, 15) is 0 Å². The molecular weight excluding hydrogens is 286 g/mol. The fraction of sp³-hybridized carbons (Fsp3) is 0.333. The van der Waals surface area contributed by atoms with Gasteiger partial charge in [-0.15, -0.1) is 0 Å². The Morgan fingerprint density at radius 2 is 2.00 bits per heavy atom. The maximum Gasteiger partial charge on any atom is 0.153 e. The zero-order chi connectivity index (χ0) is 16.0. The maximum atomic E-state index is 4.72. The largest absolute Gasteiger partial charge is 0.240 e. The van der Waals surface area contributed by atoms with Gasteiger partial charge in [-0.25, -0.2) is 19.5 Å². The van der Waals surface area contributed by atoms with Gasteiger partial charge in [-0.05, 0) is 45.7 Å². The number of hydrogen-bond donors (Lipinski definition) is 0. The van der Waals surface area contributed by atoms with Crippen molar-refractivity contribution in [2.75, 3.05) is 0 Å². The lowest BCUT2D eigenvalue weighted by Crippen LogP contribution is -2.04. The molecule has 4 rings (SSSR count). The van der Waals surface area contributed by atoms with Crippen LogP contribution in [-0.2, 0) is 0 Å². The number of rotatable bonds is 3. The van der Waals surface area contributed by atoms with Crippen LogP contribution in [0.5, 0.6) is 0 Å². The molecule has 0 atom stereocenters. The minimum absolute atomic E-state index is 0.569. The first-order valence-electron chi connectivity index (χ1n) is 7.99. The third kappa shape index (κ3) is 2.42. The van der Waals surface area contributed by atoms with Crippen LogP contribution in [0.2, 0.25) is 0 Å². The molecule has 0 aromatic carbocycles. The molecule has 1 fully saturated rings. The predicted molar refractivity (Wildman–Crippen MR) is 89.2 cm³/mol. The molecular formula is C18H19N5. The summed E-state index contributed by atoms with van der Waals surface area (Å²) in [5.41, 5.74) is 5.90. The van der Waals surface area contributed by atoms with Crippen molar-refractivity contribution in [1.82, 2.24) is 24.6 Å². The Kier molecular flexibility index (Phi) is 3.22. The SMILES string of the molecule is C/C=C(/c1ccc2ncc(C)n2n1)c1cnc(C2CC2)nc1C.